The predicted octanol–water partition coefficient (Wildman–Crippen LogP) is 3.87. The number of furan rings is 1. The first kappa shape index (κ1) is 15.5. The molecule has 2 heterocycles. The van der Waals surface area contributed by atoms with Gasteiger partial charge in [0.15, 0.2) is 0 Å². The zero-order valence-corrected chi connectivity index (χ0v) is 12.9. The van der Waals surface area contributed by atoms with E-state index in [-0.39, 0.29) is 18.1 Å². The van der Waals surface area contributed by atoms with Crippen LogP contribution < -0.4 is 5.32 Å². The van der Waals surface area contributed by atoms with Gasteiger partial charge in [0.05, 0.1) is 18.3 Å². The molecule has 1 amide bonds. The molecule has 0 radical (unpaired) electrons. The van der Waals surface area contributed by atoms with Crippen LogP contribution in [-0.4, -0.2) is 10.9 Å². The van der Waals surface area contributed by atoms with Crippen LogP contribution in [0.25, 0.3) is 10.9 Å². The van der Waals surface area contributed by atoms with Crippen molar-refractivity contribution in [3.8, 4) is 0 Å². The summed E-state index contributed by atoms with van der Waals surface area (Å²) < 4.78 is 18.4. The molecule has 3 aromatic rings. The minimum absolute atomic E-state index is 0.114. The largest absolute Gasteiger partial charge is 0.467 e. The van der Waals surface area contributed by atoms with Crippen LogP contribution in [0.4, 0.5) is 4.39 Å². The van der Waals surface area contributed by atoms with Crippen molar-refractivity contribution in [2.24, 2.45) is 0 Å². The van der Waals surface area contributed by atoms with E-state index < -0.39 is 0 Å². The third-order valence-corrected chi connectivity index (χ3v) is 3.79. The van der Waals surface area contributed by atoms with E-state index in [1.165, 1.54) is 12.1 Å². The van der Waals surface area contributed by atoms with Crippen molar-refractivity contribution in [2.45, 2.75) is 19.4 Å². The highest BCUT2D eigenvalue weighted by atomic mass is 35.5. The summed E-state index contributed by atoms with van der Waals surface area (Å²) in [7, 11) is 0. The fourth-order valence-electron chi connectivity index (χ4n) is 2.28. The van der Waals surface area contributed by atoms with Crippen molar-refractivity contribution in [3.63, 3.8) is 0 Å². The van der Waals surface area contributed by atoms with Gasteiger partial charge in [-0.3, -0.25) is 4.79 Å². The van der Waals surface area contributed by atoms with Gasteiger partial charge in [0, 0.05) is 11.8 Å². The summed E-state index contributed by atoms with van der Waals surface area (Å²) in [5.41, 5.74) is 1.35. The van der Waals surface area contributed by atoms with Gasteiger partial charge in [-0.15, -0.1) is 0 Å². The lowest BCUT2D eigenvalue weighted by Crippen LogP contribution is -2.22. The van der Waals surface area contributed by atoms with Crippen LogP contribution in [0.2, 0.25) is 5.15 Å². The number of carbonyl (C=O) groups excluding carboxylic acids is 1. The van der Waals surface area contributed by atoms with Crippen LogP contribution in [0.3, 0.4) is 0 Å². The number of pyridine rings is 1. The van der Waals surface area contributed by atoms with E-state index in [4.69, 9.17) is 16.0 Å². The van der Waals surface area contributed by atoms with E-state index in [9.17, 15) is 9.18 Å². The summed E-state index contributed by atoms with van der Waals surface area (Å²) in [6.45, 7) is 0.348. The number of halogens is 2. The molecule has 0 saturated carbocycles. The lowest BCUT2D eigenvalue weighted by atomic mass is 10.1. The SMILES string of the molecule is O=C(CCc1cc2cc(F)ccc2nc1Cl)NCc1ccco1. The maximum absolute atomic E-state index is 13.3. The molecule has 6 heteroatoms. The Balaban J connectivity index is 1.64. The van der Waals surface area contributed by atoms with Crippen LogP contribution in [0, 0.1) is 5.82 Å². The van der Waals surface area contributed by atoms with E-state index in [0.29, 0.717) is 34.8 Å². The second-order valence-corrected chi connectivity index (χ2v) is 5.49. The number of rotatable bonds is 5. The van der Waals surface area contributed by atoms with Crippen molar-refractivity contribution >= 4 is 28.4 Å². The molecule has 0 aliphatic heterocycles. The molecule has 1 aromatic carbocycles. The Kier molecular flexibility index (Phi) is 4.57. The van der Waals surface area contributed by atoms with Gasteiger partial charge in [-0.25, -0.2) is 9.37 Å². The molecular formula is C17H14ClFN2O2. The molecule has 118 valence electrons. The number of hydrogen-bond acceptors (Lipinski definition) is 3. The fourth-order valence-corrected chi connectivity index (χ4v) is 2.52. The third-order valence-electron chi connectivity index (χ3n) is 3.46. The maximum Gasteiger partial charge on any atom is 0.220 e. The number of fused-ring (bicyclic) bond motifs is 1. The first-order chi connectivity index (χ1) is 11.1. The van der Waals surface area contributed by atoms with Gasteiger partial charge in [-0.1, -0.05) is 11.6 Å². The topological polar surface area (TPSA) is 55.1 Å². The average molecular weight is 333 g/mol. The van der Waals surface area contributed by atoms with Crippen LogP contribution in [0.5, 0.6) is 0 Å². The molecule has 3 rings (SSSR count). The van der Waals surface area contributed by atoms with Gasteiger partial charge in [0.2, 0.25) is 5.91 Å². The van der Waals surface area contributed by atoms with Gasteiger partial charge in [0.1, 0.15) is 16.7 Å². The second-order valence-electron chi connectivity index (χ2n) is 5.13. The molecule has 0 aliphatic carbocycles. The molecule has 0 saturated heterocycles. The van der Waals surface area contributed by atoms with Gasteiger partial charge >= 0.3 is 0 Å². The number of nitrogens with one attached hydrogen (secondary N) is 1. The minimum atomic E-state index is -0.330. The zero-order chi connectivity index (χ0) is 16.2. The Hall–Kier alpha value is -2.40. The molecule has 0 aliphatic rings. The van der Waals surface area contributed by atoms with Gasteiger partial charge in [0.25, 0.3) is 0 Å². The summed E-state index contributed by atoms with van der Waals surface area (Å²) in [6.07, 6.45) is 2.26. The Bertz CT molecular complexity index is 834. The van der Waals surface area contributed by atoms with Crippen molar-refractivity contribution in [1.82, 2.24) is 10.3 Å². The summed E-state index contributed by atoms with van der Waals surface area (Å²) in [4.78, 5) is 16.1. The minimum Gasteiger partial charge on any atom is -0.467 e. The van der Waals surface area contributed by atoms with Gasteiger partial charge in [-0.2, -0.15) is 0 Å². The Labute approximate surface area is 137 Å². The highest BCUT2D eigenvalue weighted by molar-refractivity contribution is 6.30. The molecule has 0 bridgehead atoms. The van der Waals surface area contributed by atoms with Crippen LogP contribution in [0.1, 0.15) is 17.7 Å². The van der Waals surface area contributed by atoms with E-state index in [2.05, 4.69) is 10.3 Å². The lowest BCUT2D eigenvalue weighted by molar-refractivity contribution is -0.121. The number of amides is 1. The summed E-state index contributed by atoms with van der Waals surface area (Å²) in [5.74, 6) is 0.250. The van der Waals surface area contributed by atoms with Gasteiger partial charge < -0.3 is 9.73 Å². The molecule has 0 spiro atoms. The smallest absolute Gasteiger partial charge is 0.220 e. The van der Waals surface area contributed by atoms with Crippen molar-refractivity contribution < 1.29 is 13.6 Å². The number of hydrogen-bond donors (Lipinski definition) is 1. The molecule has 4 nitrogen and oxygen atoms in total. The molecular weight excluding hydrogens is 319 g/mol. The monoisotopic (exact) mass is 332 g/mol. The van der Waals surface area contributed by atoms with Crippen LogP contribution in [0.15, 0.2) is 47.1 Å². The third kappa shape index (κ3) is 3.87. The first-order valence-electron chi connectivity index (χ1n) is 7.15. The fraction of sp³-hybridized carbons (Fsp3) is 0.176. The van der Waals surface area contributed by atoms with E-state index in [1.54, 1.807) is 30.5 Å². The maximum atomic E-state index is 13.3. The summed E-state index contributed by atoms with van der Waals surface area (Å²) in [5, 5.41) is 3.77. The van der Waals surface area contributed by atoms with E-state index >= 15 is 0 Å². The lowest BCUT2D eigenvalue weighted by Gasteiger charge is -2.07. The standard InChI is InChI=1S/C17H14ClFN2O2/c18-17-11(8-12-9-13(19)4-5-15(12)21-17)3-6-16(22)20-10-14-2-1-7-23-14/h1-2,4-5,7-9H,3,6,10H2,(H,20,22). The van der Waals surface area contributed by atoms with Crippen LogP contribution in [-0.2, 0) is 17.8 Å². The molecule has 0 unspecified atom stereocenters. The Morgan fingerprint density at radius 3 is 2.96 bits per heavy atom. The van der Waals surface area contributed by atoms with Crippen molar-refractivity contribution in [2.75, 3.05) is 0 Å². The number of carbonyl (C=O) groups is 1. The quantitative estimate of drug-likeness (QED) is 0.722. The Morgan fingerprint density at radius 2 is 2.17 bits per heavy atom. The first-order valence-corrected chi connectivity index (χ1v) is 7.53. The molecule has 0 fully saturated rings. The van der Waals surface area contributed by atoms with Crippen molar-refractivity contribution in [1.29, 1.82) is 0 Å². The average Bonchev–Trinajstić information content (AvgIpc) is 3.04. The molecule has 0 atom stereocenters. The summed E-state index contributed by atoms with van der Waals surface area (Å²) >= 11 is 6.13. The number of benzene rings is 1. The summed E-state index contributed by atoms with van der Waals surface area (Å²) in [6, 6.07) is 9.65. The number of nitrogens with zero attached hydrogens (tertiary/aromatic N) is 1. The Morgan fingerprint density at radius 1 is 1.30 bits per heavy atom. The van der Waals surface area contributed by atoms with Gasteiger partial charge in [-0.05, 0) is 48.4 Å². The van der Waals surface area contributed by atoms with E-state index in [0.717, 1.165) is 5.56 Å². The predicted molar refractivity (Wildman–Crippen MR) is 85.6 cm³/mol. The number of aromatic nitrogens is 1. The van der Waals surface area contributed by atoms with Crippen LogP contribution >= 0.6 is 11.6 Å². The zero-order valence-electron chi connectivity index (χ0n) is 12.2. The highest BCUT2D eigenvalue weighted by Crippen LogP contribution is 2.22. The molecule has 23 heavy (non-hydrogen) atoms. The second kappa shape index (κ2) is 6.79. The van der Waals surface area contributed by atoms with E-state index in [1.807, 2.05) is 0 Å². The van der Waals surface area contributed by atoms with Crippen molar-refractivity contribution in [3.05, 3.63) is 65.0 Å². The normalized spacial score (nSPS) is 10.9. The molecule has 1 N–H and O–H groups in total. The molecule has 2 aromatic heterocycles. The number of aryl methyl sites for hydroxylation is 1. The highest BCUT2D eigenvalue weighted by Gasteiger charge is 2.09.